The molecule has 0 spiro atoms. The third-order valence-electron chi connectivity index (χ3n) is 3.35. The number of nitrogens with two attached hydrogens (primary N) is 1. The lowest BCUT2D eigenvalue weighted by molar-refractivity contribution is -0.274. The molecule has 0 aliphatic carbocycles. The van der Waals surface area contributed by atoms with E-state index < -0.39 is 6.36 Å². The predicted octanol–water partition coefficient (Wildman–Crippen LogP) is 3.35. The van der Waals surface area contributed by atoms with Crippen LogP contribution < -0.4 is 19.9 Å². The summed E-state index contributed by atoms with van der Waals surface area (Å²) in [6, 6.07) is 10.9. The minimum absolute atomic E-state index is 0.245. The SMILES string of the molecule is NC[C@H]1COc2cccc(-c3ccccc3OC(F)(F)F)c2O1. The monoisotopic (exact) mass is 325 g/mol. The lowest BCUT2D eigenvalue weighted by Gasteiger charge is -2.27. The number of benzene rings is 2. The van der Waals surface area contributed by atoms with Crippen LogP contribution in [0.4, 0.5) is 13.2 Å². The first kappa shape index (κ1) is 15.5. The molecule has 0 unspecified atom stereocenters. The van der Waals surface area contributed by atoms with Crippen LogP contribution in [-0.2, 0) is 0 Å². The zero-order valence-corrected chi connectivity index (χ0v) is 12.0. The third kappa shape index (κ3) is 3.34. The summed E-state index contributed by atoms with van der Waals surface area (Å²) < 4.78 is 53.2. The van der Waals surface area contributed by atoms with Crippen molar-refractivity contribution in [1.82, 2.24) is 0 Å². The fourth-order valence-corrected chi connectivity index (χ4v) is 2.37. The molecule has 122 valence electrons. The van der Waals surface area contributed by atoms with Crippen LogP contribution in [-0.4, -0.2) is 25.6 Å². The topological polar surface area (TPSA) is 53.7 Å². The summed E-state index contributed by atoms with van der Waals surface area (Å²) in [5.41, 5.74) is 6.31. The van der Waals surface area contributed by atoms with Crippen molar-refractivity contribution in [3.05, 3.63) is 42.5 Å². The quantitative estimate of drug-likeness (QED) is 0.940. The third-order valence-corrected chi connectivity index (χ3v) is 3.35. The Morgan fingerprint density at radius 3 is 2.57 bits per heavy atom. The van der Waals surface area contributed by atoms with Crippen molar-refractivity contribution in [2.75, 3.05) is 13.2 Å². The van der Waals surface area contributed by atoms with Crippen LogP contribution in [0.2, 0.25) is 0 Å². The number of rotatable bonds is 3. The second kappa shape index (κ2) is 6.00. The van der Waals surface area contributed by atoms with Crippen LogP contribution in [0.5, 0.6) is 17.2 Å². The Labute approximate surface area is 130 Å². The van der Waals surface area contributed by atoms with Crippen LogP contribution >= 0.6 is 0 Å². The van der Waals surface area contributed by atoms with Gasteiger partial charge < -0.3 is 19.9 Å². The normalized spacial score (nSPS) is 17.0. The molecule has 0 aromatic heterocycles. The van der Waals surface area contributed by atoms with E-state index in [1.807, 2.05) is 0 Å². The van der Waals surface area contributed by atoms with Gasteiger partial charge in [-0.2, -0.15) is 0 Å². The van der Waals surface area contributed by atoms with Crippen molar-refractivity contribution < 1.29 is 27.4 Å². The summed E-state index contributed by atoms with van der Waals surface area (Å²) >= 11 is 0. The molecular weight excluding hydrogens is 311 g/mol. The number of fused-ring (bicyclic) bond motifs is 1. The van der Waals surface area contributed by atoms with Gasteiger partial charge in [-0.3, -0.25) is 0 Å². The average Bonchev–Trinajstić information content (AvgIpc) is 2.53. The van der Waals surface area contributed by atoms with Gasteiger partial charge >= 0.3 is 6.36 Å². The van der Waals surface area contributed by atoms with E-state index in [2.05, 4.69) is 4.74 Å². The number of hydrogen-bond acceptors (Lipinski definition) is 4. The highest BCUT2D eigenvalue weighted by Crippen LogP contribution is 2.44. The first-order valence-electron chi connectivity index (χ1n) is 6.95. The van der Waals surface area contributed by atoms with Crippen molar-refractivity contribution >= 4 is 0 Å². The van der Waals surface area contributed by atoms with Crippen molar-refractivity contribution in [2.24, 2.45) is 5.73 Å². The number of ether oxygens (including phenoxy) is 3. The molecule has 1 aliphatic heterocycles. The fraction of sp³-hybridized carbons (Fsp3) is 0.250. The molecule has 7 heteroatoms. The maximum atomic E-state index is 12.6. The molecule has 2 N–H and O–H groups in total. The number of halogens is 3. The molecule has 0 fully saturated rings. The molecule has 1 aliphatic rings. The van der Waals surface area contributed by atoms with E-state index in [1.54, 1.807) is 24.3 Å². The minimum atomic E-state index is -4.78. The molecule has 0 saturated heterocycles. The van der Waals surface area contributed by atoms with Gasteiger partial charge in [0.25, 0.3) is 0 Å². The van der Waals surface area contributed by atoms with Crippen LogP contribution in [0.25, 0.3) is 11.1 Å². The van der Waals surface area contributed by atoms with Crippen molar-refractivity contribution in [1.29, 1.82) is 0 Å². The predicted molar refractivity (Wildman–Crippen MR) is 77.5 cm³/mol. The van der Waals surface area contributed by atoms with E-state index in [4.69, 9.17) is 15.2 Å². The van der Waals surface area contributed by atoms with Gasteiger partial charge in [-0.25, -0.2) is 0 Å². The summed E-state index contributed by atoms with van der Waals surface area (Å²) in [6.07, 6.45) is -5.12. The Kier molecular flexibility index (Phi) is 4.04. The van der Waals surface area contributed by atoms with E-state index in [0.29, 0.717) is 23.7 Å². The summed E-state index contributed by atoms with van der Waals surface area (Å²) in [6.45, 7) is 0.544. The maximum Gasteiger partial charge on any atom is 0.573 e. The summed E-state index contributed by atoms with van der Waals surface area (Å²) in [4.78, 5) is 0. The zero-order valence-electron chi connectivity index (χ0n) is 12.0. The highest BCUT2D eigenvalue weighted by molar-refractivity contribution is 5.78. The van der Waals surface area contributed by atoms with Gasteiger partial charge in [-0.15, -0.1) is 13.2 Å². The highest BCUT2D eigenvalue weighted by Gasteiger charge is 2.33. The highest BCUT2D eigenvalue weighted by atomic mass is 19.4. The van der Waals surface area contributed by atoms with Crippen LogP contribution in [0.15, 0.2) is 42.5 Å². The van der Waals surface area contributed by atoms with Crippen molar-refractivity contribution in [3.8, 4) is 28.4 Å². The molecule has 0 amide bonds. The zero-order chi connectivity index (χ0) is 16.4. The molecule has 2 aromatic carbocycles. The molecule has 0 saturated carbocycles. The Morgan fingerprint density at radius 1 is 1.09 bits per heavy atom. The number of hydrogen-bond donors (Lipinski definition) is 1. The van der Waals surface area contributed by atoms with Crippen LogP contribution in [0.1, 0.15) is 0 Å². The molecule has 4 nitrogen and oxygen atoms in total. The van der Waals surface area contributed by atoms with Crippen molar-refractivity contribution in [2.45, 2.75) is 12.5 Å². The van der Waals surface area contributed by atoms with E-state index in [0.717, 1.165) is 0 Å². The van der Waals surface area contributed by atoms with Crippen molar-refractivity contribution in [3.63, 3.8) is 0 Å². The Balaban J connectivity index is 2.07. The van der Waals surface area contributed by atoms with Gasteiger partial charge in [0.1, 0.15) is 18.5 Å². The van der Waals surface area contributed by atoms with Gasteiger partial charge in [0.15, 0.2) is 11.5 Å². The van der Waals surface area contributed by atoms with Crippen LogP contribution in [0.3, 0.4) is 0 Å². The number of alkyl halides is 3. The van der Waals surface area contributed by atoms with E-state index in [1.165, 1.54) is 18.2 Å². The molecular formula is C16H14F3NO3. The molecule has 0 radical (unpaired) electrons. The Bertz CT molecular complexity index is 703. The van der Waals surface area contributed by atoms with Gasteiger partial charge in [0, 0.05) is 17.7 Å². The first-order chi connectivity index (χ1) is 11.0. The molecule has 0 bridgehead atoms. The molecule has 2 aromatic rings. The van der Waals surface area contributed by atoms with Gasteiger partial charge in [-0.1, -0.05) is 30.3 Å². The van der Waals surface area contributed by atoms with E-state index in [-0.39, 0.29) is 24.0 Å². The lowest BCUT2D eigenvalue weighted by atomic mass is 10.0. The molecule has 1 atom stereocenters. The first-order valence-corrected chi connectivity index (χ1v) is 6.95. The second-order valence-corrected chi connectivity index (χ2v) is 4.96. The largest absolute Gasteiger partial charge is 0.573 e. The lowest BCUT2D eigenvalue weighted by Crippen LogP contribution is -2.35. The number of para-hydroxylation sites is 2. The smallest absolute Gasteiger partial charge is 0.486 e. The summed E-state index contributed by atoms with van der Waals surface area (Å²) in [5, 5.41) is 0. The fourth-order valence-electron chi connectivity index (χ4n) is 2.37. The summed E-state index contributed by atoms with van der Waals surface area (Å²) in [5.74, 6) is 0.535. The maximum absolute atomic E-state index is 12.6. The Morgan fingerprint density at radius 2 is 1.83 bits per heavy atom. The minimum Gasteiger partial charge on any atom is -0.486 e. The van der Waals surface area contributed by atoms with Crippen LogP contribution in [0, 0.1) is 0 Å². The van der Waals surface area contributed by atoms with E-state index >= 15 is 0 Å². The van der Waals surface area contributed by atoms with Gasteiger partial charge in [0.05, 0.1) is 0 Å². The van der Waals surface area contributed by atoms with Gasteiger partial charge in [0.2, 0.25) is 0 Å². The van der Waals surface area contributed by atoms with E-state index in [9.17, 15) is 13.2 Å². The summed E-state index contributed by atoms with van der Waals surface area (Å²) in [7, 11) is 0. The Hall–Kier alpha value is -2.41. The van der Waals surface area contributed by atoms with Gasteiger partial charge in [-0.05, 0) is 12.1 Å². The standard InChI is InChI=1S/C16H14F3NO3/c17-16(18,19)23-13-6-2-1-4-11(13)12-5-3-7-14-15(12)22-10(8-20)9-21-14/h1-7,10H,8-9,20H2/t10-/m0/s1. The average molecular weight is 325 g/mol. The second-order valence-electron chi connectivity index (χ2n) is 4.96. The molecule has 3 rings (SSSR count). The molecule has 23 heavy (non-hydrogen) atoms. The molecule has 1 heterocycles.